The molecule has 1 heterocycles. The summed E-state index contributed by atoms with van der Waals surface area (Å²) in [5.74, 6) is 0.350. The van der Waals surface area contributed by atoms with Crippen LogP contribution in [0.5, 0.6) is 0 Å². The molecule has 1 aromatic heterocycles. The number of H-pyrrole nitrogens is 1. The summed E-state index contributed by atoms with van der Waals surface area (Å²) in [4.78, 5) is 16.1. The Morgan fingerprint density at radius 1 is 1.70 bits per heavy atom. The maximum atomic E-state index is 10.4. The normalized spacial score (nSPS) is 9.30. The molecule has 0 aliphatic heterocycles. The molecule has 0 radical (unpaired) electrons. The first kappa shape index (κ1) is 6.72. The molecule has 0 atom stereocenters. The van der Waals surface area contributed by atoms with E-state index in [0.29, 0.717) is 5.82 Å². The Morgan fingerprint density at radius 2 is 2.50 bits per heavy atom. The van der Waals surface area contributed by atoms with Crippen molar-refractivity contribution in [3.05, 3.63) is 22.7 Å². The van der Waals surface area contributed by atoms with Crippen molar-refractivity contribution < 1.29 is 5.21 Å². The molecule has 0 aromatic carbocycles. The highest BCUT2D eigenvalue weighted by Gasteiger charge is 1.87. The van der Waals surface area contributed by atoms with Crippen molar-refractivity contribution in [2.75, 3.05) is 5.43 Å². The monoisotopic (exact) mass is 142 g/mol. The minimum absolute atomic E-state index is 0.350. The van der Waals surface area contributed by atoms with Gasteiger partial charge in [0.25, 0.3) is 0 Å². The van der Waals surface area contributed by atoms with Crippen molar-refractivity contribution >= 4 is 5.82 Å². The van der Waals surface area contributed by atoms with Crippen LogP contribution >= 0.6 is 0 Å². The predicted molar refractivity (Wildman–Crippen MR) is 33.4 cm³/mol. The number of rotatable bonds is 2. The number of aromatic nitrogens is 2. The van der Waals surface area contributed by atoms with Gasteiger partial charge < -0.3 is 0 Å². The molecule has 0 saturated carbocycles. The van der Waals surface area contributed by atoms with Gasteiger partial charge in [-0.25, -0.2) is 9.78 Å². The summed E-state index contributed by atoms with van der Waals surface area (Å²) in [7, 11) is 0. The van der Waals surface area contributed by atoms with Gasteiger partial charge >= 0.3 is 5.69 Å². The van der Waals surface area contributed by atoms with Crippen LogP contribution in [0.15, 0.2) is 17.1 Å². The molecule has 0 amide bonds. The average Bonchev–Trinajstić information content (AvgIpc) is 1.88. The van der Waals surface area contributed by atoms with Crippen molar-refractivity contribution in [1.82, 2.24) is 15.6 Å². The van der Waals surface area contributed by atoms with E-state index in [1.165, 1.54) is 12.3 Å². The molecule has 0 fully saturated rings. The van der Waals surface area contributed by atoms with Crippen molar-refractivity contribution in [2.45, 2.75) is 0 Å². The second kappa shape index (κ2) is 2.95. The molecule has 0 aliphatic rings. The highest BCUT2D eigenvalue weighted by molar-refractivity contribution is 5.29. The standard InChI is InChI=1S/C4H6N4O2/c9-4-5-2-1-3(6-4)7-8-10/h1-2,8,10H,(H2,5,6,7,9). The number of aromatic amines is 1. The molecule has 0 bridgehead atoms. The molecule has 6 heteroatoms. The summed E-state index contributed by atoms with van der Waals surface area (Å²) in [6.07, 6.45) is 1.32. The Balaban J connectivity index is 2.85. The van der Waals surface area contributed by atoms with Gasteiger partial charge in [-0.3, -0.25) is 15.6 Å². The topological polar surface area (TPSA) is 90.0 Å². The molecule has 0 spiro atoms. The number of nitrogens with one attached hydrogen (secondary N) is 3. The van der Waals surface area contributed by atoms with Crippen LogP contribution in [0.4, 0.5) is 5.82 Å². The second-order valence-electron chi connectivity index (χ2n) is 1.53. The van der Waals surface area contributed by atoms with Crippen LogP contribution in [0.3, 0.4) is 0 Å². The number of anilines is 1. The van der Waals surface area contributed by atoms with Gasteiger partial charge in [-0.15, -0.1) is 5.59 Å². The van der Waals surface area contributed by atoms with Gasteiger partial charge in [0.2, 0.25) is 0 Å². The van der Waals surface area contributed by atoms with E-state index in [1.807, 2.05) is 0 Å². The third kappa shape index (κ3) is 1.54. The van der Waals surface area contributed by atoms with Gasteiger partial charge in [0, 0.05) is 6.20 Å². The van der Waals surface area contributed by atoms with Gasteiger partial charge in [-0.05, 0) is 6.07 Å². The Bertz CT molecular complexity index is 257. The van der Waals surface area contributed by atoms with E-state index in [4.69, 9.17) is 5.21 Å². The minimum atomic E-state index is -0.472. The molecular weight excluding hydrogens is 136 g/mol. The SMILES string of the molecule is O=c1nccc(NNO)[nH]1. The molecule has 0 unspecified atom stereocenters. The zero-order chi connectivity index (χ0) is 7.40. The highest BCUT2D eigenvalue weighted by atomic mass is 16.5. The predicted octanol–water partition coefficient (Wildman–Crippen LogP) is -0.924. The Labute approximate surface area is 55.9 Å². The number of hydrogen-bond donors (Lipinski definition) is 4. The van der Waals surface area contributed by atoms with Crippen molar-refractivity contribution in [2.24, 2.45) is 0 Å². The molecule has 0 aliphatic carbocycles. The maximum absolute atomic E-state index is 10.4. The van der Waals surface area contributed by atoms with E-state index >= 15 is 0 Å². The van der Waals surface area contributed by atoms with Crippen LogP contribution in [-0.2, 0) is 0 Å². The molecule has 0 saturated heterocycles. The third-order valence-electron chi connectivity index (χ3n) is 0.865. The lowest BCUT2D eigenvalue weighted by atomic mass is 10.6. The van der Waals surface area contributed by atoms with Gasteiger partial charge in [-0.1, -0.05) is 0 Å². The highest BCUT2D eigenvalue weighted by Crippen LogP contribution is 1.90. The van der Waals surface area contributed by atoms with Crippen LogP contribution in [0.25, 0.3) is 0 Å². The Morgan fingerprint density at radius 3 is 3.10 bits per heavy atom. The summed E-state index contributed by atoms with van der Waals surface area (Å²) in [6, 6.07) is 1.49. The largest absolute Gasteiger partial charge is 0.346 e. The van der Waals surface area contributed by atoms with Crippen molar-refractivity contribution in [1.29, 1.82) is 0 Å². The first-order valence-corrected chi connectivity index (χ1v) is 2.53. The first-order valence-electron chi connectivity index (χ1n) is 2.53. The van der Waals surface area contributed by atoms with Crippen LogP contribution in [-0.4, -0.2) is 15.2 Å². The van der Waals surface area contributed by atoms with Crippen molar-refractivity contribution in [3.63, 3.8) is 0 Å². The van der Waals surface area contributed by atoms with E-state index < -0.39 is 5.69 Å². The van der Waals surface area contributed by atoms with E-state index in [-0.39, 0.29) is 0 Å². The van der Waals surface area contributed by atoms with E-state index in [0.717, 1.165) is 0 Å². The van der Waals surface area contributed by atoms with Crippen LogP contribution in [0, 0.1) is 0 Å². The fourth-order valence-corrected chi connectivity index (χ4v) is 0.502. The fraction of sp³-hybridized carbons (Fsp3) is 0. The Kier molecular flexibility index (Phi) is 1.98. The number of hydrogen-bond acceptors (Lipinski definition) is 5. The Hall–Kier alpha value is -1.40. The summed E-state index contributed by atoms with van der Waals surface area (Å²) in [5.41, 5.74) is 3.45. The molecule has 6 nitrogen and oxygen atoms in total. The van der Waals surface area contributed by atoms with Crippen LogP contribution in [0.1, 0.15) is 0 Å². The van der Waals surface area contributed by atoms with Crippen LogP contribution in [0.2, 0.25) is 0 Å². The lowest BCUT2D eigenvalue weighted by Gasteiger charge is -1.98. The smallest absolute Gasteiger partial charge is 0.297 e. The van der Waals surface area contributed by atoms with E-state index in [2.05, 4.69) is 15.4 Å². The zero-order valence-corrected chi connectivity index (χ0v) is 4.96. The minimum Gasteiger partial charge on any atom is -0.297 e. The lowest BCUT2D eigenvalue weighted by molar-refractivity contribution is 0.192. The molecule has 54 valence electrons. The van der Waals surface area contributed by atoms with Gasteiger partial charge in [0.15, 0.2) is 0 Å². The summed E-state index contributed by atoms with van der Waals surface area (Å²) < 4.78 is 0. The van der Waals surface area contributed by atoms with Gasteiger partial charge in [0.1, 0.15) is 5.82 Å². The fourth-order valence-electron chi connectivity index (χ4n) is 0.502. The molecule has 10 heavy (non-hydrogen) atoms. The maximum Gasteiger partial charge on any atom is 0.346 e. The second-order valence-corrected chi connectivity index (χ2v) is 1.53. The molecular formula is C4H6N4O2. The molecule has 4 N–H and O–H groups in total. The van der Waals surface area contributed by atoms with Gasteiger partial charge in [-0.2, -0.15) is 0 Å². The quantitative estimate of drug-likeness (QED) is 0.401. The van der Waals surface area contributed by atoms with Gasteiger partial charge in [0.05, 0.1) is 0 Å². The molecule has 1 rings (SSSR count). The lowest BCUT2D eigenvalue weighted by Crippen LogP contribution is -2.20. The zero-order valence-electron chi connectivity index (χ0n) is 4.96. The average molecular weight is 142 g/mol. The number of hydrazine groups is 1. The van der Waals surface area contributed by atoms with E-state index in [9.17, 15) is 4.79 Å². The van der Waals surface area contributed by atoms with E-state index in [1.54, 1.807) is 5.59 Å². The molecule has 1 aromatic rings. The third-order valence-corrected chi connectivity index (χ3v) is 0.865. The summed E-state index contributed by atoms with van der Waals surface area (Å²) in [5, 5.41) is 8.11. The first-order chi connectivity index (χ1) is 4.83. The summed E-state index contributed by atoms with van der Waals surface area (Å²) >= 11 is 0. The van der Waals surface area contributed by atoms with Crippen molar-refractivity contribution in [3.8, 4) is 0 Å². The summed E-state index contributed by atoms with van der Waals surface area (Å²) in [6.45, 7) is 0. The van der Waals surface area contributed by atoms with Crippen LogP contribution < -0.4 is 16.7 Å². The number of nitrogens with zero attached hydrogens (tertiary/aromatic N) is 1.